The first-order chi connectivity index (χ1) is 7.92. The molecule has 2 amide bonds. The van der Waals surface area contributed by atoms with E-state index in [1.165, 1.54) is 0 Å². The molecule has 1 aliphatic heterocycles. The smallest absolute Gasteiger partial charge is 0.315 e. The van der Waals surface area contributed by atoms with E-state index in [2.05, 4.69) is 10.6 Å². The van der Waals surface area contributed by atoms with Crippen LogP contribution in [0.15, 0.2) is 0 Å². The predicted molar refractivity (Wildman–Crippen MR) is 60.2 cm³/mol. The van der Waals surface area contributed by atoms with Gasteiger partial charge in [-0.15, -0.1) is 0 Å². The zero-order valence-corrected chi connectivity index (χ0v) is 10.1. The van der Waals surface area contributed by atoms with E-state index in [0.29, 0.717) is 12.8 Å². The van der Waals surface area contributed by atoms with Gasteiger partial charge in [0.05, 0.1) is 12.2 Å². The molecule has 1 aliphatic rings. The highest BCUT2D eigenvalue weighted by molar-refractivity contribution is 7.92. The van der Waals surface area contributed by atoms with Crippen molar-refractivity contribution < 1.29 is 23.1 Å². The number of sulfone groups is 1. The van der Waals surface area contributed by atoms with Gasteiger partial charge in [0.2, 0.25) is 0 Å². The fraction of sp³-hybridized carbons (Fsp3) is 0.778. The molecule has 1 rings (SSSR count). The Balaban J connectivity index is 2.37. The highest BCUT2D eigenvalue weighted by atomic mass is 32.2. The zero-order chi connectivity index (χ0) is 12.9. The summed E-state index contributed by atoms with van der Waals surface area (Å²) in [5.41, 5.74) is 0. The van der Waals surface area contributed by atoms with Crippen LogP contribution in [0.2, 0.25) is 0 Å². The number of carboxylic acid groups (broad SMARTS) is 1. The van der Waals surface area contributed by atoms with Crippen molar-refractivity contribution in [2.75, 3.05) is 12.3 Å². The number of amides is 2. The Kier molecular flexibility index (Phi) is 4.73. The van der Waals surface area contributed by atoms with Crippen molar-refractivity contribution in [3.05, 3.63) is 0 Å². The van der Waals surface area contributed by atoms with Gasteiger partial charge >= 0.3 is 12.0 Å². The lowest BCUT2D eigenvalue weighted by molar-refractivity contribution is -0.136. The fourth-order valence-electron chi connectivity index (χ4n) is 1.60. The summed E-state index contributed by atoms with van der Waals surface area (Å²) < 4.78 is 23.1. The number of urea groups is 1. The van der Waals surface area contributed by atoms with E-state index in [1.807, 2.05) is 0 Å². The standard InChI is InChI=1S/C9H16N2O5S/c12-8(13)4-5-10-9(14)11-7-3-1-2-6-17(7,15)16/h7H,1-6H2,(H,12,13)(H2,10,11,14). The first-order valence-electron chi connectivity index (χ1n) is 5.39. The van der Waals surface area contributed by atoms with Crippen LogP contribution < -0.4 is 10.6 Å². The summed E-state index contributed by atoms with van der Waals surface area (Å²) in [5.74, 6) is -0.928. The summed E-state index contributed by atoms with van der Waals surface area (Å²) in [5, 5.41) is 12.2. The highest BCUT2D eigenvalue weighted by Gasteiger charge is 2.29. The van der Waals surface area contributed by atoms with E-state index >= 15 is 0 Å². The molecule has 1 atom stereocenters. The van der Waals surface area contributed by atoms with Crippen LogP contribution in [0.25, 0.3) is 0 Å². The van der Waals surface area contributed by atoms with Gasteiger partial charge in [0.1, 0.15) is 5.37 Å². The Labute approximate surface area is 99.5 Å². The average molecular weight is 264 g/mol. The van der Waals surface area contributed by atoms with E-state index in [4.69, 9.17) is 5.11 Å². The van der Waals surface area contributed by atoms with Crippen LogP contribution in [0.4, 0.5) is 4.79 Å². The van der Waals surface area contributed by atoms with E-state index in [1.54, 1.807) is 0 Å². The van der Waals surface area contributed by atoms with Gasteiger partial charge in [-0.05, 0) is 19.3 Å². The number of aliphatic carboxylic acids is 1. The molecule has 0 saturated carbocycles. The lowest BCUT2D eigenvalue weighted by Crippen LogP contribution is -2.48. The number of rotatable bonds is 4. The summed E-state index contributed by atoms with van der Waals surface area (Å²) in [6.07, 6.45) is 1.61. The quantitative estimate of drug-likeness (QED) is 0.644. The minimum absolute atomic E-state index is 0.0199. The van der Waals surface area contributed by atoms with Crippen LogP contribution >= 0.6 is 0 Å². The predicted octanol–water partition coefficient (Wildman–Crippen LogP) is -0.315. The van der Waals surface area contributed by atoms with Crippen molar-refractivity contribution in [3.63, 3.8) is 0 Å². The van der Waals surface area contributed by atoms with Crippen LogP contribution in [-0.4, -0.2) is 43.2 Å². The highest BCUT2D eigenvalue weighted by Crippen LogP contribution is 2.16. The summed E-state index contributed by atoms with van der Waals surface area (Å²) in [6, 6.07) is -0.637. The molecule has 1 fully saturated rings. The molecule has 0 aromatic rings. The number of hydrogen-bond donors (Lipinski definition) is 3. The second kappa shape index (κ2) is 5.85. The first kappa shape index (κ1) is 13.8. The largest absolute Gasteiger partial charge is 0.481 e. The molecule has 8 heteroatoms. The maximum atomic E-state index is 11.6. The third kappa shape index (κ3) is 4.59. The molecule has 1 saturated heterocycles. The number of carbonyl (C=O) groups excluding carboxylic acids is 1. The second-order valence-electron chi connectivity index (χ2n) is 3.90. The normalized spacial score (nSPS) is 22.7. The number of nitrogens with one attached hydrogen (secondary N) is 2. The van der Waals surface area contributed by atoms with Gasteiger partial charge in [-0.2, -0.15) is 0 Å². The molecular weight excluding hydrogens is 248 g/mol. The molecule has 7 nitrogen and oxygen atoms in total. The van der Waals surface area contributed by atoms with Crippen LogP contribution in [0.3, 0.4) is 0 Å². The summed E-state index contributed by atoms with van der Waals surface area (Å²) in [6.45, 7) is -0.0199. The molecule has 0 aromatic heterocycles. The average Bonchev–Trinajstić information content (AvgIpc) is 2.20. The minimum atomic E-state index is -3.25. The monoisotopic (exact) mass is 264 g/mol. The molecule has 1 heterocycles. The van der Waals surface area contributed by atoms with Gasteiger partial charge in [-0.3, -0.25) is 4.79 Å². The fourth-order valence-corrected chi connectivity index (χ4v) is 3.30. The first-order valence-corrected chi connectivity index (χ1v) is 7.11. The van der Waals surface area contributed by atoms with E-state index < -0.39 is 27.2 Å². The lowest BCUT2D eigenvalue weighted by Gasteiger charge is -2.23. The Morgan fingerprint density at radius 2 is 2.00 bits per heavy atom. The maximum Gasteiger partial charge on any atom is 0.315 e. The van der Waals surface area contributed by atoms with Gasteiger partial charge in [0.25, 0.3) is 0 Å². The topological polar surface area (TPSA) is 113 Å². The number of carbonyl (C=O) groups is 2. The molecule has 0 spiro atoms. The Morgan fingerprint density at radius 1 is 1.29 bits per heavy atom. The maximum absolute atomic E-state index is 11.6. The Morgan fingerprint density at radius 3 is 2.59 bits per heavy atom. The number of hydrogen-bond acceptors (Lipinski definition) is 4. The SMILES string of the molecule is O=C(O)CCNC(=O)NC1CCCCS1(=O)=O. The van der Waals surface area contributed by atoms with Crippen molar-refractivity contribution in [3.8, 4) is 0 Å². The molecule has 3 N–H and O–H groups in total. The second-order valence-corrected chi connectivity index (χ2v) is 6.20. The van der Waals surface area contributed by atoms with Gasteiger partial charge in [-0.25, -0.2) is 13.2 Å². The molecule has 0 radical (unpaired) electrons. The van der Waals surface area contributed by atoms with Crippen molar-refractivity contribution in [1.82, 2.24) is 10.6 Å². The summed E-state index contributed by atoms with van der Waals surface area (Å²) in [7, 11) is -3.25. The van der Waals surface area contributed by atoms with Gasteiger partial charge in [0, 0.05) is 6.54 Å². The van der Waals surface area contributed by atoms with Gasteiger partial charge in [-0.1, -0.05) is 0 Å². The van der Waals surface area contributed by atoms with Crippen LogP contribution in [0, 0.1) is 0 Å². The lowest BCUT2D eigenvalue weighted by atomic mass is 10.2. The zero-order valence-electron chi connectivity index (χ0n) is 9.31. The molecule has 0 aromatic carbocycles. The van der Waals surface area contributed by atoms with Crippen molar-refractivity contribution in [2.45, 2.75) is 31.1 Å². The van der Waals surface area contributed by atoms with Crippen LogP contribution in [0.5, 0.6) is 0 Å². The van der Waals surface area contributed by atoms with Gasteiger partial charge in [0.15, 0.2) is 9.84 Å². The Bertz CT molecular complexity index is 392. The number of carboxylic acids is 1. The van der Waals surface area contributed by atoms with E-state index in [9.17, 15) is 18.0 Å². The van der Waals surface area contributed by atoms with Crippen molar-refractivity contribution >= 4 is 21.8 Å². The summed E-state index contributed by atoms with van der Waals surface area (Å²) in [4.78, 5) is 21.5. The van der Waals surface area contributed by atoms with Crippen LogP contribution in [-0.2, 0) is 14.6 Å². The summed E-state index contributed by atoms with van der Waals surface area (Å²) >= 11 is 0. The third-order valence-electron chi connectivity index (χ3n) is 2.50. The third-order valence-corrected chi connectivity index (χ3v) is 4.57. The molecule has 0 bridgehead atoms. The van der Waals surface area contributed by atoms with E-state index in [-0.39, 0.29) is 18.7 Å². The Hall–Kier alpha value is -1.31. The molecular formula is C9H16N2O5S. The van der Waals surface area contributed by atoms with Crippen molar-refractivity contribution in [2.24, 2.45) is 0 Å². The molecule has 0 aliphatic carbocycles. The van der Waals surface area contributed by atoms with Crippen molar-refractivity contribution in [1.29, 1.82) is 0 Å². The van der Waals surface area contributed by atoms with E-state index in [0.717, 1.165) is 6.42 Å². The van der Waals surface area contributed by atoms with Gasteiger partial charge < -0.3 is 15.7 Å². The molecule has 1 unspecified atom stereocenters. The molecule has 98 valence electrons. The van der Waals surface area contributed by atoms with Crippen LogP contribution in [0.1, 0.15) is 25.7 Å². The molecule has 17 heavy (non-hydrogen) atoms. The minimum Gasteiger partial charge on any atom is -0.481 e.